The lowest BCUT2D eigenvalue weighted by atomic mass is 9.92. The summed E-state index contributed by atoms with van der Waals surface area (Å²) in [6.07, 6.45) is 14.7. The SMILES string of the molecule is C=C(/C=C\C(C)=C(C)C)C1=CC(CNCOCN2CCCC2)CC=C1. The Hall–Kier alpha value is -1.42. The molecule has 3 nitrogen and oxygen atoms in total. The van der Waals surface area contributed by atoms with Crippen LogP contribution in [0.25, 0.3) is 0 Å². The van der Waals surface area contributed by atoms with Crippen LogP contribution in [-0.2, 0) is 4.74 Å². The number of hydrogen-bond acceptors (Lipinski definition) is 3. The third-order valence-electron chi connectivity index (χ3n) is 4.93. The molecule has 0 radical (unpaired) electrons. The lowest BCUT2D eigenvalue weighted by molar-refractivity contribution is 0.0306. The van der Waals surface area contributed by atoms with Gasteiger partial charge in [-0.15, -0.1) is 0 Å². The summed E-state index contributed by atoms with van der Waals surface area (Å²) < 4.78 is 5.71. The van der Waals surface area contributed by atoms with Crippen LogP contribution in [0, 0.1) is 5.92 Å². The largest absolute Gasteiger partial charge is 0.351 e. The van der Waals surface area contributed by atoms with Crippen LogP contribution in [0.2, 0.25) is 0 Å². The van der Waals surface area contributed by atoms with E-state index < -0.39 is 0 Å². The predicted molar refractivity (Wildman–Crippen MR) is 107 cm³/mol. The molecule has 25 heavy (non-hydrogen) atoms. The van der Waals surface area contributed by atoms with Gasteiger partial charge in [-0.05, 0) is 57.1 Å². The normalized spacial score (nSPS) is 20.9. The third kappa shape index (κ3) is 7.15. The van der Waals surface area contributed by atoms with Gasteiger partial charge in [-0.2, -0.15) is 0 Å². The first-order valence-electron chi connectivity index (χ1n) is 9.47. The topological polar surface area (TPSA) is 24.5 Å². The molecule has 138 valence electrons. The van der Waals surface area contributed by atoms with Gasteiger partial charge in [0.25, 0.3) is 0 Å². The number of nitrogens with one attached hydrogen (secondary N) is 1. The van der Waals surface area contributed by atoms with E-state index in [1.165, 1.54) is 42.7 Å². The summed E-state index contributed by atoms with van der Waals surface area (Å²) >= 11 is 0. The fraction of sp³-hybridized carbons (Fsp3) is 0.545. The maximum absolute atomic E-state index is 5.71. The van der Waals surface area contributed by atoms with Gasteiger partial charge in [0.15, 0.2) is 0 Å². The van der Waals surface area contributed by atoms with Gasteiger partial charge in [0.05, 0.1) is 6.73 Å². The van der Waals surface area contributed by atoms with Crippen molar-refractivity contribution in [1.82, 2.24) is 10.2 Å². The zero-order chi connectivity index (χ0) is 18.1. The van der Waals surface area contributed by atoms with E-state index in [-0.39, 0.29) is 0 Å². The van der Waals surface area contributed by atoms with E-state index >= 15 is 0 Å². The highest BCUT2D eigenvalue weighted by molar-refractivity contribution is 5.47. The summed E-state index contributed by atoms with van der Waals surface area (Å²) in [4.78, 5) is 2.37. The molecule has 0 aromatic rings. The molecule has 1 aliphatic heterocycles. The Bertz CT molecular complexity index is 559. The molecule has 2 rings (SSSR count). The van der Waals surface area contributed by atoms with Gasteiger partial charge in [0.2, 0.25) is 0 Å². The first-order valence-corrected chi connectivity index (χ1v) is 9.47. The Kier molecular flexibility index (Phi) is 8.39. The molecule has 0 bridgehead atoms. The number of hydrogen-bond donors (Lipinski definition) is 1. The van der Waals surface area contributed by atoms with E-state index in [9.17, 15) is 0 Å². The van der Waals surface area contributed by atoms with Crippen molar-refractivity contribution in [3.05, 3.63) is 59.3 Å². The van der Waals surface area contributed by atoms with Gasteiger partial charge < -0.3 is 4.74 Å². The highest BCUT2D eigenvalue weighted by Gasteiger charge is 2.12. The minimum absolute atomic E-state index is 0.505. The average Bonchev–Trinajstić information content (AvgIpc) is 3.12. The molecule has 1 saturated heterocycles. The molecule has 1 aliphatic carbocycles. The van der Waals surface area contributed by atoms with Crippen LogP contribution >= 0.6 is 0 Å². The molecule has 0 spiro atoms. The van der Waals surface area contributed by atoms with Gasteiger partial charge in [-0.3, -0.25) is 10.2 Å². The molecule has 1 N–H and O–H groups in total. The Morgan fingerprint density at radius 3 is 2.76 bits per heavy atom. The van der Waals surface area contributed by atoms with E-state index in [0.717, 1.165) is 25.3 Å². The van der Waals surface area contributed by atoms with Crippen molar-refractivity contribution in [2.24, 2.45) is 5.92 Å². The maximum Gasteiger partial charge on any atom is 0.101 e. The molecule has 1 fully saturated rings. The van der Waals surface area contributed by atoms with Crippen LogP contribution in [0.4, 0.5) is 0 Å². The first kappa shape index (κ1) is 19.9. The van der Waals surface area contributed by atoms with E-state index in [2.05, 4.69) is 67.9 Å². The minimum Gasteiger partial charge on any atom is -0.351 e. The number of rotatable bonds is 9. The van der Waals surface area contributed by atoms with Crippen molar-refractivity contribution in [2.45, 2.75) is 40.0 Å². The van der Waals surface area contributed by atoms with Gasteiger partial charge in [-0.25, -0.2) is 0 Å². The van der Waals surface area contributed by atoms with Crippen LogP contribution in [0.1, 0.15) is 40.0 Å². The average molecular weight is 343 g/mol. The van der Waals surface area contributed by atoms with E-state index in [0.29, 0.717) is 12.6 Å². The van der Waals surface area contributed by atoms with Crippen LogP contribution in [-0.4, -0.2) is 38.0 Å². The monoisotopic (exact) mass is 342 g/mol. The zero-order valence-electron chi connectivity index (χ0n) is 16.2. The molecule has 1 atom stereocenters. The highest BCUT2D eigenvalue weighted by atomic mass is 16.5. The van der Waals surface area contributed by atoms with Crippen molar-refractivity contribution >= 4 is 0 Å². The second kappa shape index (κ2) is 10.5. The third-order valence-corrected chi connectivity index (χ3v) is 4.93. The summed E-state index contributed by atoms with van der Waals surface area (Å²) in [5.41, 5.74) is 4.95. The maximum atomic E-state index is 5.71. The van der Waals surface area contributed by atoms with Crippen LogP contribution in [0.3, 0.4) is 0 Å². The van der Waals surface area contributed by atoms with Crippen LogP contribution < -0.4 is 5.32 Å². The van der Waals surface area contributed by atoms with Gasteiger partial charge in [-0.1, -0.05) is 48.1 Å². The predicted octanol–water partition coefficient (Wildman–Crippen LogP) is 4.57. The lowest BCUT2D eigenvalue weighted by Gasteiger charge is -2.19. The Balaban J connectivity index is 1.72. The second-order valence-corrected chi connectivity index (χ2v) is 7.32. The summed E-state index contributed by atoms with van der Waals surface area (Å²) in [5.74, 6) is 0.505. The number of nitrogens with zero attached hydrogens (tertiary/aromatic N) is 1. The Morgan fingerprint density at radius 2 is 2.04 bits per heavy atom. The summed E-state index contributed by atoms with van der Waals surface area (Å²) in [6.45, 7) is 15.3. The van der Waals surface area contributed by atoms with Crippen molar-refractivity contribution in [1.29, 1.82) is 0 Å². The highest BCUT2D eigenvalue weighted by Crippen LogP contribution is 2.22. The molecule has 2 aliphatic rings. The molecule has 0 amide bonds. The minimum atomic E-state index is 0.505. The summed E-state index contributed by atoms with van der Waals surface area (Å²) in [7, 11) is 0. The number of likely N-dealkylation sites (tertiary alicyclic amines) is 1. The quantitative estimate of drug-likeness (QED) is 0.377. The van der Waals surface area contributed by atoms with Crippen molar-refractivity contribution < 1.29 is 4.74 Å². The van der Waals surface area contributed by atoms with E-state index in [1.807, 2.05) is 0 Å². The fourth-order valence-electron chi connectivity index (χ4n) is 3.00. The Morgan fingerprint density at radius 1 is 1.28 bits per heavy atom. The summed E-state index contributed by atoms with van der Waals surface area (Å²) in [5, 5.41) is 3.42. The zero-order valence-corrected chi connectivity index (χ0v) is 16.2. The van der Waals surface area contributed by atoms with Gasteiger partial charge in [0, 0.05) is 19.6 Å². The molecule has 1 unspecified atom stereocenters. The van der Waals surface area contributed by atoms with Gasteiger partial charge >= 0.3 is 0 Å². The number of allylic oxidation sites excluding steroid dienone is 8. The molecule has 0 aromatic heterocycles. The van der Waals surface area contributed by atoms with Crippen LogP contribution in [0.5, 0.6) is 0 Å². The molecule has 3 heteroatoms. The van der Waals surface area contributed by atoms with Crippen molar-refractivity contribution in [3.63, 3.8) is 0 Å². The first-order chi connectivity index (χ1) is 12.1. The molecular formula is C22H34N2O. The smallest absolute Gasteiger partial charge is 0.101 e. The summed E-state index contributed by atoms with van der Waals surface area (Å²) in [6, 6.07) is 0. The second-order valence-electron chi connectivity index (χ2n) is 7.32. The molecular weight excluding hydrogens is 308 g/mol. The van der Waals surface area contributed by atoms with Gasteiger partial charge in [0.1, 0.15) is 6.73 Å². The molecule has 0 saturated carbocycles. The van der Waals surface area contributed by atoms with E-state index in [4.69, 9.17) is 4.74 Å². The van der Waals surface area contributed by atoms with Crippen LogP contribution in [0.15, 0.2) is 59.3 Å². The molecule has 0 aromatic carbocycles. The van der Waals surface area contributed by atoms with Crippen molar-refractivity contribution in [2.75, 3.05) is 33.1 Å². The fourth-order valence-corrected chi connectivity index (χ4v) is 3.00. The lowest BCUT2D eigenvalue weighted by Crippen LogP contribution is -2.29. The molecule has 1 heterocycles. The Labute approximate surface area is 153 Å². The van der Waals surface area contributed by atoms with Crippen molar-refractivity contribution in [3.8, 4) is 0 Å². The standard InChI is InChI=1S/C22H34N2O/c1-18(2)19(3)10-11-20(4)22-9-7-8-21(14-22)15-23-16-25-17-24-12-5-6-13-24/h7,9-11,14,21,23H,4-6,8,12-13,15-17H2,1-3H3/b11-10-. The number of ether oxygens (including phenoxy) is 1. The van der Waals surface area contributed by atoms with E-state index in [1.54, 1.807) is 0 Å².